The third kappa shape index (κ3) is 4.57. The number of hydrogen-bond donors (Lipinski definition) is 3. The molecule has 3 N–H and O–H groups in total. The Morgan fingerprint density at radius 2 is 1.71 bits per heavy atom. The van der Waals surface area contributed by atoms with Gasteiger partial charge in [-0.3, -0.25) is 4.79 Å². The van der Waals surface area contributed by atoms with Crippen molar-refractivity contribution in [3.8, 4) is 0 Å². The van der Waals surface area contributed by atoms with Crippen molar-refractivity contribution >= 4 is 34.9 Å². The molecule has 2 rings (SSSR count). The van der Waals surface area contributed by atoms with E-state index in [0.29, 0.717) is 17.9 Å². The minimum absolute atomic E-state index is 0.0321. The van der Waals surface area contributed by atoms with E-state index >= 15 is 0 Å². The van der Waals surface area contributed by atoms with Crippen molar-refractivity contribution in [2.24, 2.45) is 0 Å². The highest BCUT2D eigenvalue weighted by molar-refractivity contribution is 6.34. The molecule has 7 heteroatoms. The van der Waals surface area contributed by atoms with Crippen molar-refractivity contribution in [1.29, 1.82) is 0 Å². The van der Waals surface area contributed by atoms with Crippen molar-refractivity contribution in [2.45, 2.75) is 0 Å². The van der Waals surface area contributed by atoms with Crippen LogP contribution in [0.1, 0.15) is 10.4 Å². The number of carbonyl (C=O) groups is 2. The van der Waals surface area contributed by atoms with Gasteiger partial charge >= 0.3 is 6.03 Å². The summed E-state index contributed by atoms with van der Waals surface area (Å²) in [6, 6.07) is 10.0. The molecule has 24 heavy (non-hydrogen) atoms. The minimum Gasteiger partial charge on any atom is -0.334 e. The van der Waals surface area contributed by atoms with Crippen LogP contribution >= 0.6 is 11.6 Å². The van der Waals surface area contributed by atoms with E-state index in [4.69, 9.17) is 11.6 Å². The van der Waals surface area contributed by atoms with Crippen molar-refractivity contribution < 1.29 is 14.0 Å². The molecule has 0 fully saturated rings. The van der Waals surface area contributed by atoms with E-state index in [2.05, 4.69) is 22.5 Å². The predicted molar refractivity (Wildman–Crippen MR) is 93.0 cm³/mol. The second kappa shape index (κ2) is 8.12. The largest absolute Gasteiger partial charge is 0.334 e. The molecule has 0 aliphatic rings. The number of hydrogen-bond acceptors (Lipinski definition) is 2. The predicted octanol–water partition coefficient (Wildman–Crippen LogP) is 4.04. The van der Waals surface area contributed by atoms with Gasteiger partial charge in [0.2, 0.25) is 0 Å². The van der Waals surface area contributed by atoms with Crippen LogP contribution in [0.25, 0.3) is 0 Å². The van der Waals surface area contributed by atoms with Gasteiger partial charge in [0.05, 0.1) is 10.6 Å². The molecule has 0 spiro atoms. The molecular formula is C17H15ClFN3O2. The van der Waals surface area contributed by atoms with E-state index < -0.39 is 11.7 Å². The van der Waals surface area contributed by atoms with E-state index in [1.165, 1.54) is 12.1 Å². The number of amides is 3. The van der Waals surface area contributed by atoms with Gasteiger partial charge in [-0.25, -0.2) is 9.18 Å². The van der Waals surface area contributed by atoms with Gasteiger partial charge in [-0.1, -0.05) is 23.7 Å². The zero-order valence-electron chi connectivity index (χ0n) is 12.6. The summed E-state index contributed by atoms with van der Waals surface area (Å²) in [5.41, 5.74) is 0.764. The third-order valence-corrected chi connectivity index (χ3v) is 3.31. The number of benzene rings is 2. The van der Waals surface area contributed by atoms with Gasteiger partial charge in [0.15, 0.2) is 0 Å². The molecule has 0 aromatic heterocycles. The fraction of sp³-hybridized carbons (Fsp3) is 0.0588. The molecule has 0 radical (unpaired) electrons. The normalized spacial score (nSPS) is 9.92. The molecule has 124 valence electrons. The van der Waals surface area contributed by atoms with Crippen LogP contribution in [0.5, 0.6) is 0 Å². The smallest absolute Gasteiger partial charge is 0.319 e. The van der Waals surface area contributed by atoms with Crippen molar-refractivity contribution in [1.82, 2.24) is 5.32 Å². The van der Waals surface area contributed by atoms with Crippen molar-refractivity contribution in [3.63, 3.8) is 0 Å². The molecule has 0 aliphatic carbocycles. The molecule has 5 nitrogen and oxygen atoms in total. The molecule has 0 aliphatic heterocycles. The summed E-state index contributed by atoms with van der Waals surface area (Å²) in [6.07, 6.45) is 1.56. The fourth-order valence-electron chi connectivity index (χ4n) is 1.89. The Kier molecular flexibility index (Phi) is 5.92. The molecule has 0 unspecified atom stereocenters. The Hall–Kier alpha value is -2.86. The van der Waals surface area contributed by atoms with Crippen molar-refractivity contribution in [2.75, 3.05) is 17.2 Å². The molecule has 0 saturated carbocycles. The van der Waals surface area contributed by atoms with Gasteiger partial charge in [0.25, 0.3) is 5.91 Å². The highest BCUT2D eigenvalue weighted by Crippen LogP contribution is 2.21. The maximum Gasteiger partial charge on any atom is 0.319 e. The Labute approximate surface area is 143 Å². The lowest BCUT2D eigenvalue weighted by molar-refractivity contribution is 0.102. The lowest BCUT2D eigenvalue weighted by Crippen LogP contribution is -2.28. The van der Waals surface area contributed by atoms with E-state index in [1.54, 1.807) is 30.3 Å². The highest BCUT2D eigenvalue weighted by atomic mass is 35.5. The van der Waals surface area contributed by atoms with Crippen LogP contribution in [0.2, 0.25) is 5.02 Å². The van der Waals surface area contributed by atoms with Crippen molar-refractivity contribution in [3.05, 3.63) is 71.5 Å². The van der Waals surface area contributed by atoms with Gasteiger partial charge in [-0.15, -0.1) is 6.58 Å². The lowest BCUT2D eigenvalue weighted by Gasteiger charge is -2.09. The first-order valence-corrected chi connectivity index (χ1v) is 7.40. The second-order valence-electron chi connectivity index (χ2n) is 4.75. The number of carbonyl (C=O) groups excluding carboxylic acids is 2. The summed E-state index contributed by atoms with van der Waals surface area (Å²) in [4.78, 5) is 23.6. The van der Waals surface area contributed by atoms with E-state index in [1.807, 2.05) is 0 Å². The highest BCUT2D eigenvalue weighted by Gasteiger charge is 2.15. The number of halogens is 2. The standard InChI is InChI=1S/C17H15ClFN3O2/c1-2-10-20-17(24)22-12-8-6-11(7-9-12)21-16(23)15-13(18)4-3-5-14(15)19/h2-9H,1,10H2,(H,21,23)(H2,20,22,24). The lowest BCUT2D eigenvalue weighted by atomic mass is 10.2. The molecule has 2 aromatic carbocycles. The van der Waals surface area contributed by atoms with Crippen LogP contribution in [-0.4, -0.2) is 18.5 Å². The molecule has 2 aromatic rings. The van der Waals surface area contributed by atoms with Crippen LogP contribution in [0.3, 0.4) is 0 Å². The number of nitrogens with one attached hydrogen (secondary N) is 3. The Bertz CT molecular complexity index is 743. The average molecular weight is 348 g/mol. The van der Waals surface area contributed by atoms with Gasteiger partial charge in [-0.2, -0.15) is 0 Å². The monoisotopic (exact) mass is 347 g/mol. The van der Waals surface area contributed by atoms with Gasteiger partial charge in [0.1, 0.15) is 5.82 Å². The summed E-state index contributed by atoms with van der Waals surface area (Å²) in [6.45, 7) is 3.85. The third-order valence-electron chi connectivity index (χ3n) is 3.00. The van der Waals surface area contributed by atoms with Gasteiger partial charge in [0, 0.05) is 17.9 Å². The zero-order chi connectivity index (χ0) is 17.5. The second-order valence-corrected chi connectivity index (χ2v) is 5.16. The first-order valence-electron chi connectivity index (χ1n) is 7.02. The SMILES string of the molecule is C=CCNC(=O)Nc1ccc(NC(=O)c2c(F)cccc2Cl)cc1. The molecule has 3 amide bonds. The zero-order valence-corrected chi connectivity index (χ0v) is 13.4. The molecule has 0 saturated heterocycles. The fourth-order valence-corrected chi connectivity index (χ4v) is 2.13. The Balaban J connectivity index is 2.02. The number of anilines is 2. The molecule has 0 bridgehead atoms. The molecular weight excluding hydrogens is 333 g/mol. The summed E-state index contributed by atoms with van der Waals surface area (Å²) in [7, 11) is 0. The van der Waals surface area contributed by atoms with E-state index in [0.717, 1.165) is 6.07 Å². The van der Waals surface area contributed by atoms with Crippen LogP contribution < -0.4 is 16.0 Å². The molecule has 0 heterocycles. The number of urea groups is 1. The van der Waals surface area contributed by atoms with Crippen LogP contribution in [0, 0.1) is 5.82 Å². The summed E-state index contributed by atoms with van der Waals surface area (Å²) in [5.74, 6) is -1.35. The first-order chi connectivity index (χ1) is 11.5. The summed E-state index contributed by atoms with van der Waals surface area (Å²) < 4.78 is 13.7. The van der Waals surface area contributed by atoms with Crippen LogP contribution in [0.4, 0.5) is 20.6 Å². The Morgan fingerprint density at radius 1 is 1.08 bits per heavy atom. The minimum atomic E-state index is -0.697. The van der Waals surface area contributed by atoms with E-state index in [-0.39, 0.29) is 16.6 Å². The maximum atomic E-state index is 13.7. The summed E-state index contributed by atoms with van der Waals surface area (Å²) in [5, 5.41) is 7.76. The average Bonchev–Trinajstić information content (AvgIpc) is 2.54. The maximum absolute atomic E-state index is 13.7. The van der Waals surface area contributed by atoms with E-state index in [9.17, 15) is 14.0 Å². The molecule has 0 atom stereocenters. The topological polar surface area (TPSA) is 70.2 Å². The van der Waals surface area contributed by atoms with Gasteiger partial charge in [-0.05, 0) is 36.4 Å². The quantitative estimate of drug-likeness (QED) is 0.714. The Morgan fingerprint density at radius 3 is 2.29 bits per heavy atom. The van der Waals surface area contributed by atoms with Crippen LogP contribution in [0.15, 0.2) is 55.1 Å². The summed E-state index contributed by atoms with van der Waals surface area (Å²) >= 11 is 5.85. The van der Waals surface area contributed by atoms with Gasteiger partial charge < -0.3 is 16.0 Å². The number of rotatable bonds is 5. The van der Waals surface area contributed by atoms with Crippen LogP contribution in [-0.2, 0) is 0 Å². The first kappa shape index (κ1) is 17.5.